The van der Waals surface area contributed by atoms with E-state index in [0.29, 0.717) is 12.8 Å². The van der Waals surface area contributed by atoms with Gasteiger partial charge < -0.3 is 5.11 Å². The minimum absolute atomic E-state index is 0.112. The van der Waals surface area contributed by atoms with Gasteiger partial charge in [-0.2, -0.15) is 0 Å². The molecule has 1 fully saturated rings. The molecule has 0 aromatic heterocycles. The number of sulfone groups is 1. The summed E-state index contributed by atoms with van der Waals surface area (Å²) in [4.78, 5) is 11.6. The minimum Gasteiger partial charge on any atom is -0.480 e. The monoisotopic (exact) mass is 296 g/mol. The van der Waals surface area contributed by atoms with Gasteiger partial charge in [0.15, 0.2) is 15.1 Å². The van der Waals surface area contributed by atoms with E-state index in [2.05, 4.69) is 0 Å². The van der Waals surface area contributed by atoms with Crippen LogP contribution in [0.1, 0.15) is 37.7 Å². The van der Waals surface area contributed by atoms with Crippen LogP contribution in [-0.2, 0) is 14.6 Å². The highest BCUT2D eigenvalue weighted by Crippen LogP contribution is 2.32. The van der Waals surface area contributed by atoms with Crippen molar-refractivity contribution < 1.29 is 18.3 Å². The van der Waals surface area contributed by atoms with Gasteiger partial charge in [0.2, 0.25) is 0 Å². The standard InChI is InChI=1S/C15H20O4S/c1-11-7-9-13(10-8-11)20(18,19)14(15(16)17)12-5-3-2-4-6-12/h7-10,12,14H,2-6H2,1H3,(H,16,17). The van der Waals surface area contributed by atoms with Gasteiger partial charge in [-0.15, -0.1) is 0 Å². The summed E-state index contributed by atoms with van der Waals surface area (Å²) in [7, 11) is -3.82. The molecule has 1 aromatic rings. The Balaban J connectivity index is 2.36. The quantitative estimate of drug-likeness (QED) is 0.927. The molecule has 1 aliphatic rings. The molecule has 1 aliphatic carbocycles. The Kier molecular flexibility index (Phi) is 4.48. The first-order chi connectivity index (χ1) is 9.43. The summed E-state index contributed by atoms with van der Waals surface area (Å²) in [5.74, 6) is -1.50. The zero-order valence-corrected chi connectivity index (χ0v) is 12.4. The number of carboxylic acid groups (broad SMARTS) is 1. The molecular formula is C15H20O4S. The third-order valence-electron chi connectivity index (χ3n) is 4.01. The van der Waals surface area contributed by atoms with E-state index >= 15 is 0 Å². The van der Waals surface area contributed by atoms with Crippen molar-refractivity contribution in [3.63, 3.8) is 0 Å². The molecule has 0 spiro atoms. The molecule has 0 aliphatic heterocycles. The maximum Gasteiger partial charge on any atom is 0.322 e. The second-order valence-corrected chi connectivity index (χ2v) is 7.58. The molecule has 4 nitrogen and oxygen atoms in total. The highest BCUT2D eigenvalue weighted by Gasteiger charge is 2.40. The van der Waals surface area contributed by atoms with Crippen molar-refractivity contribution in [1.82, 2.24) is 0 Å². The number of hydrogen-bond donors (Lipinski definition) is 1. The lowest BCUT2D eigenvalue weighted by molar-refractivity contribution is -0.137. The van der Waals surface area contributed by atoms with E-state index in [0.717, 1.165) is 24.8 Å². The number of aryl methyl sites for hydroxylation is 1. The predicted octanol–water partition coefficient (Wildman–Crippen LogP) is 2.80. The summed E-state index contributed by atoms with van der Waals surface area (Å²) in [6, 6.07) is 6.41. The molecule has 1 saturated carbocycles. The molecule has 0 heterocycles. The number of carbonyl (C=O) groups is 1. The average molecular weight is 296 g/mol. The molecule has 0 amide bonds. The van der Waals surface area contributed by atoms with Crippen LogP contribution in [0.3, 0.4) is 0 Å². The van der Waals surface area contributed by atoms with Crippen LogP contribution in [0.15, 0.2) is 29.2 Å². The molecule has 0 saturated heterocycles. The van der Waals surface area contributed by atoms with Crippen molar-refractivity contribution in [2.45, 2.75) is 49.2 Å². The van der Waals surface area contributed by atoms with E-state index in [1.807, 2.05) is 6.92 Å². The fourth-order valence-electron chi connectivity index (χ4n) is 2.90. The van der Waals surface area contributed by atoms with Gasteiger partial charge in [-0.3, -0.25) is 4.79 Å². The molecule has 20 heavy (non-hydrogen) atoms. The Morgan fingerprint density at radius 2 is 1.70 bits per heavy atom. The maximum atomic E-state index is 12.6. The van der Waals surface area contributed by atoms with Crippen molar-refractivity contribution in [3.05, 3.63) is 29.8 Å². The smallest absolute Gasteiger partial charge is 0.322 e. The SMILES string of the molecule is Cc1ccc(S(=O)(=O)C(C(=O)O)C2CCCCC2)cc1. The summed E-state index contributed by atoms with van der Waals surface area (Å²) in [6.07, 6.45) is 4.26. The molecule has 0 bridgehead atoms. The summed E-state index contributed by atoms with van der Waals surface area (Å²) in [5, 5.41) is 8.08. The molecule has 0 radical (unpaired) electrons. The van der Waals surface area contributed by atoms with E-state index in [1.54, 1.807) is 12.1 Å². The van der Waals surface area contributed by atoms with Crippen LogP contribution in [-0.4, -0.2) is 24.7 Å². The van der Waals surface area contributed by atoms with Gasteiger partial charge in [0.1, 0.15) is 0 Å². The summed E-state index contributed by atoms with van der Waals surface area (Å²) in [5.41, 5.74) is 0.952. The fraction of sp³-hybridized carbons (Fsp3) is 0.533. The second-order valence-electron chi connectivity index (χ2n) is 5.51. The molecule has 5 heteroatoms. The van der Waals surface area contributed by atoms with Crippen LogP contribution >= 0.6 is 0 Å². The third-order valence-corrected chi connectivity index (χ3v) is 6.19. The third kappa shape index (κ3) is 3.03. The van der Waals surface area contributed by atoms with E-state index in [9.17, 15) is 18.3 Å². The lowest BCUT2D eigenvalue weighted by atomic mass is 9.87. The molecule has 1 N–H and O–H groups in total. The van der Waals surface area contributed by atoms with E-state index in [1.165, 1.54) is 12.1 Å². The number of aliphatic carboxylic acids is 1. The van der Waals surface area contributed by atoms with Gasteiger partial charge in [0.25, 0.3) is 0 Å². The van der Waals surface area contributed by atoms with Crippen LogP contribution in [0.2, 0.25) is 0 Å². The lowest BCUT2D eigenvalue weighted by Gasteiger charge is -2.27. The predicted molar refractivity (Wildman–Crippen MR) is 76.4 cm³/mol. The van der Waals surface area contributed by atoms with Crippen molar-refractivity contribution >= 4 is 15.8 Å². The van der Waals surface area contributed by atoms with Crippen molar-refractivity contribution in [2.75, 3.05) is 0 Å². The molecule has 2 rings (SSSR count). The lowest BCUT2D eigenvalue weighted by Crippen LogP contribution is -2.38. The first-order valence-electron chi connectivity index (χ1n) is 6.96. The molecule has 110 valence electrons. The number of rotatable bonds is 4. The van der Waals surface area contributed by atoms with Gasteiger partial charge in [-0.05, 0) is 37.8 Å². The zero-order valence-electron chi connectivity index (χ0n) is 11.6. The maximum absolute atomic E-state index is 12.6. The Bertz CT molecular complexity index is 568. The highest BCUT2D eigenvalue weighted by atomic mass is 32.2. The Morgan fingerprint density at radius 3 is 2.20 bits per heavy atom. The molecule has 1 atom stereocenters. The van der Waals surface area contributed by atoms with E-state index in [4.69, 9.17) is 0 Å². The van der Waals surface area contributed by atoms with Crippen molar-refractivity contribution in [3.8, 4) is 0 Å². The minimum atomic E-state index is -3.82. The van der Waals surface area contributed by atoms with Crippen molar-refractivity contribution in [2.24, 2.45) is 5.92 Å². The van der Waals surface area contributed by atoms with Gasteiger partial charge in [-0.25, -0.2) is 8.42 Å². The largest absolute Gasteiger partial charge is 0.480 e. The van der Waals surface area contributed by atoms with Gasteiger partial charge in [-0.1, -0.05) is 37.0 Å². The van der Waals surface area contributed by atoms with Gasteiger partial charge in [0, 0.05) is 0 Å². The van der Waals surface area contributed by atoms with E-state index < -0.39 is 21.1 Å². The second kappa shape index (κ2) is 5.95. The first-order valence-corrected chi connectivity index (χ1v) is 8.51. The molecular weight excluding hydrogens is 276 g/mol. The van der Waals surface area contributed by atoms with Crippen LogP contribution in [0, 0.1) is 12.8 Å². The zero-order chi connectivity index (χ0) is 14.8. The summed E-state index contributed by atoms with van der Waals surface area (Å²) in [6.45, 7) is 1.87. The Morgan fingerprint density at radius 1 is 1.15 bits per heavy atom. The molecule has 1 aromatic carbocycles. The first kappa shape index (κ1) is 15.0. The fourth-order valence-corrected chi connectivity index (χ4v) is 4.75. The van der Waals surface area contributed by atoms with Crippen LogP contribution in [0.5, 0.6) is 0 Å². The van der Waals surface area contributed by atoms with E-state index in [-0.39, 0.29) is 10.8 Å². The topological polar surface area (TPSA) is 71.4 Å². The van der Waals surface area contributed by atoms with Crippen molar-refractivity contribution in [1.29, 1.82) is 0 Å². The normalized spacial score (nSPS) is 18.6. The highest BCUT2D eigenvalue weighted by molar-refractivity contribution is 7.92. The molecule has 1 unspecified atom stereocenters. The number of benzene rings is 1. The van der Waals surface area contributed by atoms with Crippen LogP contribution < -0.4 is 0 Å². The van der Waals surface area contributed by atoms with Gasteiger partial charge in [0.05, 0.1) is 4.90 Å². The Hall–Kier alpha value is -1.36. The summed E-state index contributed by atoms with van der Waals surface area (Å²) >= 11 is 0. The summed E-state index contributed by atoms with van der Waals surface area (Å²) < 4.78 is 25.2. The van der Waals surface area contributed by atoms with Crippen LogP contribution in [0.25, 0.3) is 0 Å². The number of hydrogen-bond acceptors (Lipinski definition) is 3. The average Bonchev–Trinajstić information content (AvgIpc) is 2.39. The van der Waals surface area contributed by atoms with Crippen LogP contribution in [0.4, 0.5) is 0 Å². The Labute approximate surface area is 119 Å². The van der Waals surface area contributed by atoms with Gasteiger partial charge >= 0.3 is 5.97 Å². The number of carboxylic acids is 1.